The van der Waals surface area contributed by atoms with Gasteiger partial charge in [0.1, 0.15) is 10.6 Å². The SMILES string of the molecule is CC[C@@H](C)NC(=O)[C@H](C)NS(=O)(=O)c1cc(Cl)ccc1OC. The molecule has 6 nitrogen and oxygen atoms in total. The van der Waals surface area contributed by atoms with Crippen molar-refractivity contribution in [3.05, 3.63) is 23.2 Å². The van der Waals surface area contributed by atoms with Crippen LogP contribution >= 0.6 is 11.6 Å². The molecule has 2 N–H and O–H groups in total. The van der Waals surface area contributed by atoms with Crippen LogP contribution in [0.25, 0.3) is 0 Å². The second-order valence-electron chi connectivity index (χ2n) is 4.96. The quantitative estimate of drug-likeness (QED) is 0.788. The zero-order valence-corrected chi connectivity index (χ0v) is 14.6. The molecule has 0 aliphatic carbocycles. The first-order valence-electron chi connectivity index (χ1n) is 6.87. The van der Waals surface area contributed by atoms with Crippen molar-refractivity contribution in [3.63, 3.8) is 0 Å². The van der Waals surface area contributed by atoms with Gasteiger partial charge < -0.3 is 10.1 Å². The number of halogens is 1. The molecule has 1 aromatic carbocycles. The maximum absolute atomic E-state index is 12.4. The zero-order chi connectivity index (χ0) is 16.9. The van der Waals surface area contributed by atoms with E-state index >= 15 is 0 Å². The molecule has 0 unspecified atom stereocenters. The van der Waals surface area contributed by atoms with Crippen LogP contribution in [0.3, 0.4) is 0 Å². The summed E-state index contributed by atoms with van der Waals surface area (Å²) in [6.07, 6.45) is 0.757. The van der Waals surface area contributed by atoms with Crippen LogP contribution in [0.2, 0.25) is 5.02 Å². The Kier molecular flexibility index (Phi) is 6.65. The average Bonchev–Trinajstić information content (AvgIpc) is 2.46. The normalized spacial score (nSPS) is 14.2. The average molecular weight is 349 g/mol. The van der Waals surface area contributed by atoms with Gasteiger partial charge in [-0.3, -0.25) is 4.79 Å². The number of carbonyl (C=O) groups excluding carboxylic acids is 1. The van der Waals surface area contributed by atoms with Gasteiger partial charge in [-0.2, -0.15) is 4.72 Å². The van der Waals surface area contributed by atoms with E-state index in [-0.39, 0.29) is 27.6 Å². The van der Waals surface area contributed by atoms with Gasteiger partial charge in [-0.1, -0.05) is 18.5 Å². The molecule has 0 saturated carbocycles. The standard InChI is InChI=1S/C14H21ClN2O4S/c1-5-9(2)16-14(18)10(3)17-22(19,20)13-8-11(15)6-7-12(13)21-4/h6-10,17H,5H2,1-4H3,(H,16,18)/t9-,10+/m1/s1. The molecule has 0 bridgehead atoms. The summed E-state index contributed by atoms with van der Waals surface area (Å²) >= 11 is 5.84. The first-order valence-corrected chi connectivity index (χ1v) is 8.73. The van der Waals surface area contributed by atoms with Gasteiger partial charge in [0, 0.05) is 11.1 Å². The summed E-state index contributed by atoms with van der Waals surface area (Å²) in [6.45, 7) is 5.25. The summed E-state index contributed by atoms with van der Waals surface area (Å²) in [5.74, 6) is -0.231. The minimum atomic E-state index is -3.93. The molecule has 0 spiro atoms. The van der Waals surface area contributed by atoms with Crippen LogP contribution in [0.4, 0.5) is 0 Å². The molecule has 1 rings (SSSR count). The lowest BCUT2D eigenvalue weighted by molar-refractivity contribution is -0.122. The summed E-state index contributed by atoms with van der Waals surface area (Å²) in [5.41, 5.74) is 0. The van der Waals surface area contributed by atoms with Crippen molar-refractivity contribution in [1.29, 1.82) is 0 Å². The number of amides is 1. The van der Waals surface area contributed by atoms with Gasteiger partial charge in [0.25, 0.3) is 0 Å². The summed E-state index contributed by atoms with van der Waals surface area (Å²) in [5, 5.41) is 2.98. The second-order valence-corrected chi connectivity index (χ2v) is 7.07. The lowest BCUT2D eigenvalue weighted by Gasteiger charge is -2.18. The van der Waals surface area contributed by atoms with Crippen LogP contribution in [-0.2, 0) is 14.8 Å². The topological polar surface area (TPSA) is 84.5 Å². The van der Waals surface area contributed by atoms with Crippen LogP contribution in [0.1, 0.15) is 27.2 Å². The summed E-state index contributed by atoms with van der Waals surface area (Å²) in [4.78, 5) is 11.8. The highest BCUT2D eigenvalue weighted by atomic mass is 35.5. The Balaban J connectivity index is 2.96. The Labute approximate surface area is 136 Å². The Morgan fingerprint density at radius 1 is 1.36 bits per heavy atom. The summed E-state index contributed by atoms with van der Waals surface area (Å²) < 4.78 is 32.2. The number of hydrogen-bond donors (Lipinski definition) is 2. The van der Waals surface area contributed by atoms with Gasteiger partial charge in [0.15, 0.2) is 0 Å². The Morgan fingerprint density at radius 2 is 2.00 bits per heavy atom. The lowest BCUT2D eigenvalue weighted by atomic mass is 10.2. The van der Waals surface area contributed by atoms with Crippen molar-refractivity contribution in [1.82, 2.24) is 10.0 Å². The monoisotopic (exact) mass is 348 g/mol. The van der Waals surface area contributed by atoms with Gasteiger partial charge in [-0.15, -0.1) is 0 Å². The van der Waals surface area contributed by atoms with E-state index in [4.69, 9.17) is 16.3 Å². The molecule has 22 heavy (non-hydrogen) atoms. The van der Waals surface area contributed by atoms with E-state index in [1.54, 1.807) is 0 Å². The van der Waals surface area contributed by atoms with Crippen LogP contribution in [0.15, 0.2) is 23.1 Å². The third kappa shape index (κ3) is 4.86. The van der Waals surface area contributed by atoms with E-state index in [1.165, 1.54) is 32.2 Å². The number of carbonyl (C=O) groups is 1. The maximum atomic E-state index is 12.4. The van der Waals surface area contributed by atoms with Crippen molar-refractivity contribution >= 4 is 27.5 Å². The Morgan fingerprint density at radius 3 is 2.55 bits per heavy atom. The number of methoxy groups -OCH3 is 1. The summed E-state index contributed by atoms with van der Waals surface area (Å²) in [7, 11) is -2.57. The number of ether oxygens (including phenoxy) is 1. The third-order valence-corrected chi connectivity index (χ3v) is 4.94. The highest BCUT2D eigenvalue weighted by Crippen LogP contribution is 2.27. The minimum absolute atomic E-state index is 0.0276. The first-order chi connectivity index (χ1) is 10.2. The Hall–Kier alpha value is -1.31. The largest absolute Gasteiger partial charge is 0.495 e. The molecule has 0 heterocycles. The van der Waals surface area contributed by atoms with Crippen LogP contribution in [0.5, 0.6) is 5.75 Å². The third-order valence-electron chi connectivity index (χ3n) is 3.14. The van der Waals surface area contributed by atoms with Gasteiger partial charge in [-0.05, 0) is 38.5 Å². The molecule has 1 amide bonds. The fourth-order valence-corrected chi connectivity index (χ4v) is 3.31. The summed E-state index contributed by atoms with van der Waals surface area (Å²) in [6, 6.07) is 3.32. The number of nitrogens with one attached hydrogen (secondary N) is 2. The molecule has 0 saturated heterocycles. The maximum Gasteiger partial charge on any atom is 0.245 e. The Bertz CT molecular complexity index is 634. The molecule has 8 heteroatoms. The van der Waals surface area contributed by atoms with Gasteiger partial charge in [-0.25, -0.2) is 8.42 Å². The molecule has 0 aromatic heterocycles. The fraction of sp³-hybridized carbons (Fsp3) is 0.500. The molecular weight excluding hydrogens is 328 g/mol. The van der Waals surface area contributed by atoms with Crippen LogP contribution in [0, 0.1) is 0 Å². The molecule has 124 valence electrons. The molecule has 2 atom stereocenters. The van der Waals surface area contributed by atoms with Crippen molar-refractivity contribution in [3.8, 4) is 5.75 Å². The molecule has 0 fully saturated rings. The highest BCUT2D eigenvalue weighted by molar-refractivity contribution is 7.89. The van der Waals surface area contributed by atoms with Crippen molar-refractivity contribution in [2.75, 3.05) is 7.11 Å². The van der Waals surface area contributed by atoms with Gasteiger partial charge >= 0.3 is 0 Å². The number of benzene rings is 1. The minimum Gasteiger partial charge on any atom is -0.495 e. The van der Waals surface area contributed by atoms with E-state index in [1.807, 2.05) is 13.8 Å². The zero-order valence-electron chi connectivity index (χ0n) is 13.0. The van der Waals surface area contributed by atoms with Crippen molar-refractivity contribution < 1.29 is 17.9 Å². The molecule has 1 aromatic rings. The molecular formula is C14H21ClN2O4S. The number of hydrogen-bond acceptors (Lipinski definition) is 4. The second kappa shape index (κ2) is 7.80. The van der Waals surface area contributed by atoms with Crippen LogP contribution < -0.4 is 14.8 Å². The van der Waals surface area contributed by atoms with Gasteiger partial charge in [0.05, 0.1) is 13.2 Å². The van der Waals surface area contributed by atoms with E-state index < -0.39 is 16.1 Å². The fourth-order valence-electron chi connectivity index (χ4n) is 1.68. The molecule has 0 aliphatic heterocycles. The molecule has 0 aliphatic rings. The first kappa shape index (κ1) is 18.7. The predicted molar refractivity (Wildman–Crippen MR) is 85.7 cm³/mol. The van der Waals surface area contributed by atoms with E-state index in [9.17, 15) is 13.2 Å². The van der Waals surface area contributed by atoms with Crippen molar-refractivity contribution in [2.24, 2.45) is 0 Å². The molecule has 0 radical (unpaired) electrons. The number of rotatable bonds is 7. The van der Waals surface area contributed by atoms with Gasteiger partial charge in [0.2, 0.25) is 15.9 Å². The lowest BCUT2D eigenvalue weighted by Crippen LogP contribution is -2.47. The van der Waals surface area contributed by atoms with Crippen molar-refractivity contribution in [2.45, 2.75) is 44.2 Å². The highest BCUT2D eigenvalue weighted by Gasteiger charge is 2.25. The van der Waals surface area contributed by atoms with Crippen LogP contribution in [-0.4, -0.2) is 33.5 Å². The van der Waals surface area contributed by atoms with E-state index in [0.717, 1.165) is 6.42 Å². The van der Waals surface area contributed by atoms with E-state index in [0.29, 0.717) is 0 Å². The smallest absolute Gasteiger partial charge is 0.245 e. The number of sulfonamides is 1. The predicted octanol–water partition coefficient (Wildman–Crippen LogP) is 1.93. The van der Waals surface area contributed by atoms with E-state index in [2.05, 4.69) is 10.0 Å².